The maximum Gasteiger partial charge on any atom is 0.137 e. The Morgan fingerprint density at radius 1 is 0.556 bits per heavy atom. The smallest absolute Gasteiger partial charge is 0.137 e. The SMILES string of the molecule is c1ccc2c(c1)nc(-c1ccc(-c3ccc4oc5ccccc5c4c3)cc1)c1c2nc2ccccn21. The molecule has 0 unspecified atom stereocenters. The first kappa shape index (κ1) is 19.4. The van der Waals surface area contributed by atoms with Gasteiger partial charge in [-0.1, -0.05) is 72.8 Å². The molecule has 0 bridgehead atoms. The van der Waals surface area contributed by atoms with E-state index in [4.69, 9.17) is 14.4 Å². The lowest BCUT2D eigenvalue weighted by molar-refractivity contribution is 0.669. The Balaban J connectivity index is 1.31. The van der Waals surface area contributed by atoms with Crippen LogP contribution >= 0.6 is 0 Å². The van der Waals surface area contributed by atoms with Gasteiger partial charge >= 0.3 is 0 Å². The molecule has 0 aliphatic rings. The molecule has 0 spiro atoms. The van der Waals surface area contributed by atoms with Gasteiger partial charge in [-0.15, -0.1) is 0 Å². The Labute approximate surface area is 206 Å². The van der Waals surface area contributed by atoms with Crippen molar-refractivity contribution in [2.75, 3.05) is 0 Å². The zero-order valence-electron chi connectivity index (χ0n) is 19.2. The third-order valence-corrected chi connectivity index (χ3v) is 7.01. The van der Waals surface area contributed by atoms with E-state index < -0.39 is 0 Å². The lowest BCUT2D eigenvalue weighted by atomic mass is 10.00. The Bertz CT molecular complexity index is 2100. The molecule has 0 saturated carbocycles. The molecule has 8 aromatic rings. The van der Waals surface area contributed by atoms with Crippen molar-refractivity contribution in [2.24, 2.45) is 0 Å². The Morgan fingerprint density at radius 3 is 2.19 bits per heavy atom. The third kappa shape index (κ3) is 2.75. The molecule has 8 rings (SSSR count). The average Bonchev–Trinajstić information content (AvgIpc) is 3.51. The molecule has 0 N–H and O–H groups in total. The van der Waals surface area contributed by atoms with Crippen LogP contribution in [0.3, 0.4) is 0 Å². The summed E-state index contributed by atoms with van der Waals surface area (Å²) in [5.74, 6) is 0. The second kappa shape index (κ2) is 7.27. The van der Waals surface area contributed by atoms with Gasteiger partial charge in [-0.2, -0.15) is 0 Å². The summed E-state index contributed by atoms with van der Waals surface area (Å²) in [5, 5.41) is 3.34. The molecule has 0 radical (unpaired) electrons. The summed E-state index contributed by atoms with van der Waals surface area (Å²) < 4.78 is 8.14. The predicted octanol–water partition coefficient (Wildman–Crippen LogP) is 8.27. The maximum atomic E-state index is 6.01. The maximum absolute atomic E-state index is 6.01. The van der Waals surface area contributed by atoms with E-state index in [0.717, 1.165) is 71.9 Å². The van der Waals surface area contributed by atoms with Crippen LogP contribution in [-0.2, 0) is 0 Å². The predicted molar refractivity (Wildman–Crippen MR) is 146 cm³/mol. The molecule has 0 amide bonds. The van der Waals surface area contributed by atoms with Crippen molar-refractivity contribution < 1.29 is 4.42 Å². The topological polar surface area (TPSA) is 43.3 Å². The number of hydrogen-bond donors (Lipinski definition) is 0. The number of pyridine rings is 2. The standard InChI is InChI=1S/C32H19N3O/c1-3-9-26-24(8-1)31-32(35-18-6-5-11-29(35)34-31)30(33-26)21-14-12-20(13-15-21)22-16-17-28-25(19-22)23-7-2-4-10-27(23)36-28/h1-19H. The summed E-state index contributed by atoms with van der Waals surface area (Å²) in [7, 11) is 0. The molecule has 4 aromatic carbocycles. The van der Waals surface area contributed by atoms with Crippen molar-refractivity contribution in [2.45, 2.75) is 0 Å². The minimum Gasteiger partial charge on any atom is -0.456 e. The molecule has 4 heteroatoms. The molecule has 0 aliphatic carbocycles. The van der Waals surface area contributed by atoms with E-state index in [0.29, 0.717) is 0 Å². The number of rotatable bonds is 2. The average molecular weight is 462 g/mol. The lowest BCUT2D eigenvalue weighted by Crippen LogP contribution is -1.92. The van der Waals surface area contributed by atoms with E-state index >= 15 is 0 Å². The van der Waals surface area contributed by atoms with E-state index in [9.17, 15) is 0 Å². The van der Waals surface area contributed by atoms with Crippen LogP contribution < -0.4 is 0 Å². The highest BCUT2D eigenvalue weighted by atomic mass is 16.3. The van der Waals surface area contributed by atoms with E-state index in [-0.39, 0.29) is 0 Å². The molecule has 4 heterocycles. The minimum atomic E-state index is 0.909. The zero-order chi connectivity index (χ0) is 23.6. The first-order valence-electron chi connectivity index (χ1n) is 12.0. The van der Waals surface area contributed by atoms with Gasteiger partial charge in [-0.05, 0) is 47.5 Å². The molecule has 4 nitrogen and oxygen atoms in total. The second-order valence-corrected chi connectivity index (χ2v) is 9.10. The molecule has 4 aromatic heterocycles. The Kier molecular flexibility index (Phi) is 3.91. The van der Waals surface area contributed by atoms with Crippen molar-refractivity contribution in [3.8, 4) is 22.4 Å². The highest BCUT2D eigenvalue weighted by Gasteiger charge is 2.16. The summed E-state index contributed by atoms with van der Waals surface area (Å²) in [4.78, 5) is 10.1. The molecule has 0 aliphatic heterocycles. The highest BCUT2D eigenvalue weighted by Crippen LogP contribution is 2.35. The fraction of sp³-hybridized carbons (Fsp3) is 0. The Hall–Kier alpha value is -4.96. The number of benzene rings is 4. The largest absolute Gasteiger partial charge is 0.456 e. The first-order valence-corrected chi connectivity index (χ1v) is 12.0. The van der Waals surface area contributed by atoms with Crippen molar-refractivity contribution in [1.82, 2.24) is 14.4 Å². The van der Waals surface area contributed by atoms with Gasteiger partial charge in [-0.3, -0.25) is 4.40 Å². The van der Waals surface area contributed by atoms with Crippen LogP contribution in [-0.4, -0.2) is 14.4 Å². The van der Waals surface area contributed by atoms with Gasteiger partial charge in [0.1, 0.15) is 22.3 Å². The van der Waals surface area contributed by atoms with Gasteiger partial charge in [0.05, 0.1) is 16.7 Å². The van der Waals surface area contributed by atoms with E-state index in [1.807, 2.05) is 42.5 Å². The molecule has 0 saturated heterocycles. The van der Waals surface area contributed by atoms with Crippen LogP contribution in [0.1, 0.15) is 0 Å². The fourth-order valence-electron chi connectivity index (χ4n) is 5.28. The molecule has 0 fully saturated rings. The van der Waals surface area contributed by atoms with Gasteiger partial charge in [0, 0.05) is 27.9 Å². The quantitative estimate of drug-likeness (QED) is 0.260. The number of hydrogen-bond acceptors (Lipinski definition) is 3. The minimum absolute atomic E-state index is 0.909. The molecular formula is C32H19N3O. The number of aromatic nitrogens is 3. The summed E-state index contributed by atoms with van der Waals surface area (Å²) >= 11 is 0. The van der Waals surface area contributed by atoms with Crippen LogP contribution in [0, 0.1) is 0 Å². The lowest BCUT2D eigenvalue weighted by Gasteiger charge is -2.09. The summed E-state index contributed by atoms with van der Waals surface area (Å²) in [6.45, 7) is 0. The third-order valence-electron chi connectivity index (χ3n) is 7.01. The number of nitrogens with zero attached hydrogens (tertiary/aromatic N) is 3. The van der Waals surface area contributed by atoms with Gasteiger partial charge < -0.3 is 4.42 Å². The van der Waals surface area contributed by atoms with Gasteiger partial charge in [0.2, 0.25) is 0 Å². The zero-order valence-corrected chi connectivity index (χ0v) is 19.2. The van der Waals surface area contributed by atoms with Crippen molar-refractivity contribution in [1.29, 1.82) is 0 Å². The monoisotopic (exact) mass is 461 g/mol. The van der Waals surface area contributed by atoms with Crippen LogP contribution in [0.4, 0.5) is 0 Å². The first-order chi connectivity index (χ1) is 17.8. The number of fused-ring (bicyclic) bond motifs is 8. The van der Waals surface area contributed by atoms with Crippen LogP contribution in [0.15, 0.2) is 120 Å². The molecule has 168 valence electrons. The summed E-state index contributed by atoms with van der Waals surface area (Å²) in [6.07, 6.45) is 2.06. The van der Waals surface area contributed by atoms with Crippen molar-refractivity contribution in [3.63, 3.8) is 0 Å². The van der Waals surface area contributed by atoms with Gasteiger partial charge in [0.15, 0.2) is 0 Å². The second-order valence-electron chi connectivity index (χ2n) is 9.10. The molecule has 0 atom stereocenters. The summed E-state index contributed by atoms with van der Waals surface area (Å²) in [5.41, 5.74) is 10.0. The van der Waals surface area contributed by atoms with Gasteiger partial charge in [0.25, 0.3) is 0 Å². The highest BCUT2D eigenvalue weighted by molar-refractivity contribution is 6.09. The van der Waals surface area contributed by atoms with Crippen molar-refractivity contribution >= 4 is 49.5 Å². The van der Waals surface area contributed by atoms with Crippen LogP contribution in [0.2, 0.25) is 0 Å². The number of furan rings is 1. The van der Waals surface area contributed by atoms with E-state index in [1.165, 1.54) is 0 Å². The van der Waals surface area contributed by atoms with Crippen LogP contribution in [0.25, 0.3) is 71.9 Å². The fourth-order valence-corrected chi connectivity index (χ4v) is 5.28. The molecule has 36 heavy (non-hydrogen) atoms. The number of para-hydroxylation sites is 2. The van der Waals surface area contributed by atoms with Crippen LogP contribution in [0.5, 0.6) is 0 Å². The van der Waals surface area contributed by atoms with Crippen molar-refractivity contribution in [3.05, 3.63) is 115 Å². The molecular weight excluding hydrogens is 442 g/mol. The Morgan fingerprint density at radius 2 is 1.28 bits per heavy atom. The van der Waals surface area contributed by atoms with E-state index in [2.05, 4.69) is 77.3 Å². The van der Waals surface area contributed by atoms with E-state index in [1.54, 1.807) is 0 Å². The summed E-state index contributed by atoms with van der Waals surface area (Å²) in [6, 6.07) is 37.6. The normalized spacial score (nSPS) is 11.9. The van der Waals surface area contributed by atoms with Gasteiger partial charge in [-0.25, -0.2) is 9.97 Å². The number of imidazole rings is 1.